The van der Waals surface area contributed by atoms with Crippen molar-refractivity contribution in [2.45, 2.75) is 18.5 Å². The van der Waals surface area contributed by atoms with Crippen LogP contribution in [0, 0.1) is 0 Å². The molecule has 0 radical (unpaired) electrons. The summed E-state index contributed by atoms with van der Waals surface area (Å²) in [5.41, 5.74) is 3.87. The number of aromatic nitrogens is 1. The summed E-state index contributed by atoms with van der Waals surface area (Å²) in [7, 11) is 7.18. The number of carbonyl (C=O) groups excluding carboxylic acids is 2. The number of fused-ring (bicyclic) bond motifs is 4. The van der Waals surface area contributed by atoms with E-state index in [2.05, 4.69) is 11.1 Å². The van der Waals surface area contributed by atoms with Gasteiger partial charge >= 0.3 is 0 Å². The topological polar surface area (TPSA) is 78.1 Å². The molecule has 8 heteroatoms. The summed E-state index contributed by atoms with van der Waals surface area (Å²) in [6, 6.07) is 12.7. The van der Waals surface area contributed by atoms with Crippen molar-refractivity contribution in [1.29, 1.82) is 0 Å². The molecule has 0 unspecified atom stereocenters. The molecule has 172 valence electrons. The summed E-state index contributed by atoms with van der Waals surface area (Å²) in [5.74, 6) is 1.13. The zero-order chi connectivity index (χ0) is 23.3. The Morgan fingerprint density at radius 1 is 1.06 bits per heavy atom. The van der Waals surface area contributed by atoms with Gasteiger partial charge in [0.25, 0.3) is 0 Å². The summed E-state index contributed by atoms with van der Waals surface area (Å²) in [5, 5.41) is 1.08. The van der Waals surface area contributed by atoms with Gasteiger partial charge in [0.2, 0.25) is 18.6 Å². The van der Waals surface area contributed by atoms with Crippen molar-refractivity contribution in [2.75, 3.05) is 41.5 Å². The van der Waals surface area contributed by atoms with Gasteiger partial charge in [-0.25, -0.2) is 0 Å². The largest absolute Gasteiger partial charge is 0.454 e. The quantitative estimate of drug-likeness (QED) is 0.663. The Balaban J connectivity index is 1.73. The number of rotatable bonds is 4. The second-order valence-electron chi connectivity index (χ2n) is 9.07. The minimum atomic E-state index is -0.616. The van der Waals surface area contributed by atoms with Crippen molar-refractivity contribution in [3.05, 3.63) is 59.3 Å². The lowest BCUT2D eigenvalue weighted by Gasteiger charge is -2.42. The van der Waals surface area contributed by atoms with Crippen LogP contribution in [0.4, 0.5) is 0 Å². The first kappa shape index (κ1) is 21.3. The zero-order valence-corrected chi connectivity index (χ0v) is 19.3. The van der Waals surface area contributed by atoms with Crippen LogP contribution in [0.3, 0.4) is 0 Å². The number of aromatic amines is 1. The minimum absolute atomic E-state index is 0.0937. The summed E-state index contributed by atoms with van der Waals surface area (Å²) in [6.45, 7) is 0.375. The number of benzene rings is 2. The molecular weight excluding hydrogens is 420 g/mol. The first-order chi connectivity index (χ1) is 15.8. The Hall–Kier alpha value is -3.52. The predicted octanol–water partition coefficient (Wildman–Crippen LogP) is 2.39. The van der Waals surface area contributed by atoms with E-state index in [1.54, 1.807) is 23.9 Å². The van der Waals surface area contributed by atoms with E-state index in [0.717, 1.165) is 27.7 Å². The first-order valence-electron chi connectivity index (χ1n) is 11.0. The fraction of sp³-hybridized carbons (Fsp3) is 0.360. The number of ether oxygens (including phenoxy) is 2. The van der Waals surface area contributed by atoms with Crippen molar-refractivity contribution >= 4 is 22.7 Å². The van der Waals surface area contributed by atoms with Gasteiger partial charge in [0.05, 0.1) is 12.6 Å². The molecule has 2 aromatic carbocycles. The van der Waals surface area contributed by atoms with Gasteiger partial charge in [0.15, 0.2) is 11.5 Å². The van der Waals surface area contributed by atoms with E-state index in [1.165, 1.54) is 0 Å². The fourth-order valence-corrected chi connectivity index (χ4v) is 4.87. The molecular formula is C25H28N4O4. The van der Waals surface area contributed by atoms with Crippen molar-refractivity contribution in [3.8, 4) is 11.5 Å². The van der Waals surface area contributed by atoms with Crippen LogP contribution in [-0.4, -0.2) is 79.1 Å². The monoisotopic (exact) mass is 448 g/mol. The van der Waals surface area contributed by atoms with Crippen molar-refractivity contribution in [2.24, 2.45) is 0 Å². The Kier molecular flexibility index (Phi) is 5.25. The van der Waals surface area contributed by atoms with Crippen LogP contribution in [0.15, 0.2) is 42.5 Å². The molecule has 2 atom stereocenters. The molecule has 3 heterocycles. The molecule has 5 rings (SSSR count). The smallest absolute Gasteiger partial charge is 0.245 e. The van der Waals surface area contributed by atoms with Crippen molar-refractivity contribution in [3.63, 3.8) is 0 Å². The van der Waals surface area contributed by atoms with Gasteiger partial charge in [0, 0.05) is 37.1 Å². The summed E-state index contributed by atoms with van der Waals surface area (Å²) in [6.07, 6.45) is 0.455. The first-order valence-corrected chi connectivity index (χ1v) is 11.0. The highest BCUT2D eigenvalue weighted by molar-refractivity contribution is 5.93. The lowest BCUT2D eigenvalue weighted by Crippen LogP contribution is -2.56. The molecule has 33 heavy (non-hydrogen) atoms. The second-order valence-corrected chi connectivity index (χ2v) is 9.07. The van der Waals surface area contributed by atoms with Gasteiger partial charge < -0.3 is 29.2 Å². The van der Waals surface area contributed by atoms with Crippen LogP contribution < -0.4 is 9.47 Å². The van der Waals surface area contributed by atoms with E-state index in [1.807, 2.05) is 55.4 Å². The number of likely N-dealkylation sites (N-methyl/N-ethyl adjacent to an activating group) is 2. The fourth-order valence-electron chi connectivity index (χ4n) is 4.87. The molecule has 0 aliphatic carbocycles. The molecule has 2 aliphatic heterocycles. The standard InChI is InChI=1S/C25H28N4O4/c1-27(2)13-22(30)29-19(25(31)28(3)4)12-17-16-7-5-6-8-18(16)26-23(17)24(29)15-9-10-20-21(11-15)33-14-32-20/h5-11,19,24,26H,12-14H2,1-4H3/t19-,24-/m1/s1. The molecule has 3 aromatic rings. The zero-order valence-electron chi connectivity index (χ0n) is 19.3. The molecule has 2 amide bonds. The third kappa shape index (κ3) is 3.60. The van der Waals surface area contributed by atoms with Crippen LogP contribution in [0.2, 0.25) is 0 Å². The highest BCUT2D eigenvalue weighted by Crippen LogP contribution is 2.44. The summed E-state index contributed by atoms with van der Waals surface area (Å²) < 4.78 is 11.1. The SMILES string of the molecule is CN(C)CC(=O)N1[C@H](c2ccc3c(c2)OCO3)c2[nH]c3ccccc3c2C[C@@H]1C(=O)N(C)C. The van der Waals surface area contributed by atoms with Crippen LogP contribution in [0.1, 0.15) is 22.9 Å². The van der Waals surface area contributed by atoms with Crippen LogP contribution >= 0.6 is 0 Å². The third-order valence-corrected chi connectivity index (χ3v) is 6.31. The number of carbonyl (C=O) groups is 2. The van der Waals surface area contributed by atoms with Crippen LogP contribution in [0.5, 0.6) is 11.5 Å². The normalized spacial score (nSPS) is 19.1. The third-order valence-electron chi connectivity index (χ3n) is 6.31. The molecule has 1 N–H and O–H groups in total. The number of para-hydroxylation sites is 1. The Morgan fingerprint density at radius 2 is 1.82 bits per heavy atom. The number of hydrogen-bond donors (Lipinski definition) is 1. The molecule has 0 bridgehead atoms. The lowest BCUT2D eigenvalue weighted by molar-refractivity contribution is -0.147. The van der Waals surface area contributed by atoms with Gasteiger partial charge in [-0.2, -0.15) is 0 Å². The Bertz CT molecular complexity index is 1230. The van der Waals surface area contributed by atoms with E-state index >= 15 is 0 Å². The maximum atomic E-state index is 13.6. The molecule has 2 aliphatic rings. The Morgan fingerprint density at radius 3 is 2.58 bits per heavy atom. The maximum Gasteiger partial charge on any atom is 0.245 e. The van der Waals surface area contributed by atoms with Gasteiger partial charge in [-0.3, -0.25) is 9.59 Å². The van der Waals surface area contributed by atoms with Gasteiger partial charge in [-0.15, -0.1) is 0 Å². The number of hydrogen-bond acceptors (Lipinski definition) is 5. The highest BCUT2D eigenvalue weighted by Gasteiger charge is 2.44. The second kappa shape index (κ2) is 8.12. The van der Waals surface area contributed by atoms with Crippen LogP contribution in [0.25, 0.3) is 10.9 Å². The van der Waals surface area contributed by atoms with E-state index in [4.69, 9.17) is 9.47 Å². The molecule has 0 spiro atoms. The van der Waals surface area contributed by atoms with Crippen LogP contribution in [-0.2, 0) is 16.0 Å². The number of nitrogens with zero attached hydrogens (tertiary/aromatic N) is 3. The lowest BCUT2D eigenvalue weighted by atomic mass is 9.87. The van der Waals surface area contributed by atoms with E-state index < -0.39 is 12.1 Å². The Labute approximate surface area is 192 Å². The number of nitrogens with one attached hydrogen (secondary N) is 1. The average Bonchev–Trinajstić information content (AvgIpc) is 3.40. The summed E-state index contributed by atoms with van der Waals surface area (Å²) in [4.78, 5) is 35.7. The highest BCUT2D eigenvalue weighted by atomic mass is 16.7. The van der Waals surface area contributed by atoms with Crippen molar-refractivity contribution in [1.82, 2.24) is 19.7 Å². The number of H-pyrrole nitrogens is 1. The van der Waals surface area contributed by atoms with Gasteiger partial charge in [0.1, 0.15) is 6.04 Å². The predicted molar refractivity (Wildman–Crippen MR) is 124 cm³/mol. The van der Waals surface area contributed by atoms with Crippen molar-refractivity contribution < 1.29 is 19.1 Å². The molecule has 0 saturated heterocycles. The molecule has 1 aromatic heterocycles. The molecule has 8 nitrogen and oxygen atoms in total. The van der Waals surface area contributed by atoms with E-state index in [9.17, 15) is 9.59 Å². The number of amides is 2. The molecule has 0 saturated carbocycles. The summed E-state index contributed by atoms with van der Waals surface area (Å²) >= 11 is 0. The minimum Gasteiger partial charge on any atom is -0.454 e. The maximum absolute atomic E-state index is 13.6. The van der Waals surface area contributed by atoms with Gasteiger partial charge in [-0.05, 0) is 43.4 Å². The molecule has 0 fully saturated rings. The average molecular weight is 449 g/mol. The van der Waals surface area contributed by atoms with E-state index in [0.29, 0.717) is 17.9 Å². The van der Waals surface area contributed by atoms with E-state index in [-0.39, 0.29) is 25.2 Å². The van der Waals surface area contributed by atoms with Gasteiger partial charge in [-0.1, -0.05) is 24.3 Å².